The molecule has 1 aromatic carbocycles. The summed E-state index contributed by atoms with van der Waals surface area (Å²) in [5, 5.41) is 5.54. The molecule has 2 heterocycles. The van der Waals surface area contributed by atoms with Crippen molar-refractivity contribution in [2.24, 2.45) is 0 Å². The number of rotatable bonds is 7. The molecule has 10 heteroatoms. The maximum atomic E-state index is 13.0. The number of nitrogens with one attached hydrogen (secondary N) is 2. The summed E-state index contributed by atoms with van der Waals surface area (Å²) < 4.78 is 20.4. The molecule has 0 atom stereocenters. The SMILES string of the molecule is COC(=O)c1c(NC(=O)c2ccco2)sc(C(=O)Nc2cc(OC)ccc2OC)c1C. The standard InChI is InChI=1S/C21H20N2O7S/c1-11-16(21(26)29-4)20(23-18(24)15-6-5-9-30-15)31-17(11)19(25)22-13-10-12(27-2)7-8-14(13)28-3/h5-10H,1-4H3,(H,22,25)(H,23,24). The number of anilines is 2. The summed E-state index contributed by atoms with van der Waals surface area (Å²) in [6.07, 6.45) is 1.36. The summed E-state index contributed by atoms with van der Waals surface area (Å²) in [4.78, 5) is 38.0. The molecule has 0 aliphatic heterocycles. The second-order valence-corrected chi connectivity index (χ2v) is 7.22. The lowest BCUT2D eigenvalue weighted by Gasteiger charge is -2.11. The van der Waals surface area contributed by atoms with Gasteiger partial charge in [-0.3, -0.25) is 9.59 Å². The number of methoxy groups -OCH3 is 3. The Balaban J connectivity index is 1.96. The Hall–Kier alpha value is -3.79. The minimum atomic E-state index is -0.679. The van der Waals surface area contributed by atoms with Crippen molar-refractivity contribution in [3.8, 4) is 11.5 Å². The van der Waals surface area contributed by atoms with E-state index in [0.717, 1.165) is 11.3 Å². The Morgan fingerprint density at radius 1 is 1.00 bits per heavy atom. The summed E-state index contributed by atoms with van der Waals surface area (Å²) in [7, 11) is 4.21. The van der Waals surface area contributed by atoms with Gasteiger partial charge >= 0.3 is 5.97 Å². The summed E-state index contributed by atoms with van der Waals surface area (Å²) >= 11 is 0.948. The zero-order valence-corrected chi connectivity index (χ0v) is 18.0. The Morgan fingerprint density at radius 2 is 1.77 bits per heavy atom. The molecule has 0 bridgehead atoms. The molecule has 31 heavy (non-hydrogen) atoms. The van der Waals surface area contributed by atoms with Crippen LogP contribution in [0.2, 0.25) is 0 Å². The molecule has 0 radical (unpaired) electrons. The highest BCUT2D eigenvalue weighted by Gasteiger charge is 2.27. The maximum Gasteiger partial charge on any atom is 0.341 e. The predicted molar refractivity (Wildman–Crippen MR) is 115 cm³/mol. The third kappa shape index (κ3) is 4.53. The molecular formula is C21H20N2O7S. The Bertz CT molecular complexity index is 1120. The van der Waals surface area contributed by atoms with Crippen LogP contribution in [0.4, 0.5) is 10.7 Å². The molecule has 162 valence electrons. The van der Waals surface area contributed by atoms with Gasteiger partial charge < -0.3 is 29.3 Å². The molecule has 0 saturated heterocycles. The molecule has 9 nitrogen and oxygen atoms in total. The van der Waals surface area contributed by atoms with Crippen LogP contribution in [0.1, 0.15) is 36.1 Å². The molecule has 0 saturated carbocycles. The van der Waals surface area contributed by atoms with Crippen LogP contribution in [0, 0.1) is 6.92 Å². The van der Waals surface area contributed by atoms with Crippen LogP contribution in [0.25, 0.3) is 0 Å². The second kappa shape index (κ2) is 9.35. The van der Waals surface area contributed by atoms with Gasteiger partial charge in [-0.05, 0) is 36.8 Å². The third-order valence-corrected chi connectivity index (χ3v) is 5.58. The van der Waals surface area contributed by atoms with Gasteiger partial charge in [0.1, 0.15) is 16.5 Å². The van der Waals surface area contributed by atoms with Gasteiger partial charge in [-0.1, -0.05) is 0 Å². The minimum Gasteiger partial charge on any atom is -0.497 e. The number of furan rings is 1. The van der Waals surface area contributed by atoms with E-state index in [1.807, 2.05) is 0 Å². The first-order valence-electron chi connectivity index (χ1n) is 8.99. The topological polar surface area (TPSA) is 116 Å². The quantitative estimate of drug-likeness (QED) is 0.530. The van der Waals surface area contributed by atoms with E-state index < -0.39 is 17.8 Å². The number of hydrogen-bond acceptors (Lipinski definition) is 8. The van der Waals surface area contributed by atoms with Gasteiger partial charge in [-0.2, -0.15) is 0 Å². The Morgan fingerprint density at radius 3 is 2.39 bits per heavy atom. The highest BCUT2D eigenvalue weighted by atomic mass is 32.1. The predicted octanol–water partition coefficient (Wildman–Crippen LogP) is 3.96. The van der Waals surface area contributed by atoms with Crippen molar-refractivity contribution in [1.82, 2.24) is 0 Å². The fourth-order valence-corrected chi connectivity index (χ4v) is 3.91. The molecule has 2 N–H and O–H groups in total. The van der Waals surface area contributed by atoms with Gasteiger partial charge in [0.25, 0.3) is 11.8 Å². The lowest BCUT2D eigenvalue weighted by molar-refractivity contribution is 0.0601. The van der Waals surface area contributed by atoms with E-state index in [4.69, 9.17) is 18.6 Å². The fourth-order valence-electron chi connectivity index (χ4n) is 2.83. The molecule has 2 aromatic heterocycles. The highest BCUT2D eigenvalue weighted by Crippen LogP contribution is 2.36. The molecule has 3 aromatic rings. The van der Waals surface area contributed by atoms with E-state index >= 15 is 0 Å². The lowest BCUT2D eigenvalue weighted by atomic mass is 10.1. The molecule has 0 spiro atoms. The smallest absolute Gasteiger partial charge is 0.341 e. The Kier molecular flexibility index (Phi) is 6.61. The maximum absolute atomic E-state index is 13.0. The number of esters is 1. The van der Waals surface area contributed by atoms with Crippen molar-refractivity contribution >= 4 is 39.8 Å². The average Bonchev–Trinajstić information content (AvgIpc) is 3.41. The number of amides is 2. The normalized spacial score (nSPS) is 10.3. The van der Waals surface area contributed by atoms with E-state index in [2.05, 4.69) is 10.6 Å². The third-order valence-electron chi connectivity index (χ3n) is 4.37. The number of ether oxygens (including phenoxy) is 3. The zero-order valence-electron chi connectivity index (χ0n) is 17.2. The van der Waals surface area contributed by atoms with Crippen molar-refractivity contribution in [3.63, 3.8) is 0 Å². The number of hydrogen-bond donors (Lipinski definition) is 2. The molecule has 0 unspecified atom stereocenters. The van der Waals surface area contributed by atoms with Crippen molar-refractivity contribution in [1.29, 1.82) is 0 Å². The van der Waals surface area contributed by atoms with Crippen LogP contribution in [0.3, 0.4) is 0 Å². The van der Waals surface area contributed by atoms with Gasteiger partial charge in [0.15, 0.2) is 5.76 Å². The highest BCUT2D eigenvalue weighted by molar-refractivity contribution is 7.19. The number of carbonyl (C=O) groups is 3. The summed E-state index contributed by atoms with van der Waals surface area (Å²) in [6, 6.07) is 8.01. The van der Waals surface area contributed by atoms with Crippen LogP contribution in [-0.4, -0.2) is 39.1 Å². The van der Waals surface area contributed by atoms with Crippen LogP contribution in [-0.2, 0) is 4.74 Å². The molecular weight excluding hydrogens is 424 g/mol. The van der Waals surface area contributed by atoms with Crippen molar-refractivity contribution in [2.75, 3.05) is 32.0 Å². The number of benzene rings is 1. The summed E-state index contributed by atoms with van der Waals surface area (Å²) in [5.41, 5.74) is 0.849. The van der Waals surface area contributed by atoms with Crippen molar-refractivity contribution < 1.29 is 33.0 Å². The van der Waals surface area contributed by atoms with E-state index in [1.165, 1.54) is 33.7 Å². The van der Waals surface area contributed by atoms with Crippen molar-refractivity contribution in [2.45, 2.75) is 6.92 Å². The van der Waals surface area contributed by atoms with Crippen LogP contribution >= 0.6 is 11.3 Å². The van der Waals surface area contributed by atoms with Crippen LogP contribution < -0.4 is 20.1 Å². The zero-order chi connectivity index (χ0) is 22.5. The Labute approximate surface area is 181 Å². The molecule has 3 rings (SSSR count). The van der Waals surface area contributed by atoms with Crippen LogP contribution in [0.15, 0.2) is 41.0 Å². The number of thiophene rings is 1. The molecule has 0 aliphatic carbocycles. The van der Waals surface area contributed by atoms with E-state index in [9.17, 15) is 14.4 Å². The monoisotopic (exact) mass is 444 g/mol. The lowest BCUT2D eigenvalue weighted by Crippen LogP contribution is -2.14. The molecule has 0 aliphatic rings. The van der Waals surface area contributed by atoms with E-state index in [-0.39, 0.29) is 21.2 Å². The van der Waals surface area contributed by atoms with Gasteiger partial charge in [0.05, 0.1) is 43.7 Å². The fraction of sp³-hybridized carbons (Fsp3) is 0.190. The summed E-state index contributed by atoms with van der Waals surface area (Å²) in [6.45, 7) is 1.60. The first-order valence-corrected chi connectivity index (χ1v) is 9.81. The largest absolute Gasteiger partial charge is 0.497 e. The van der Waals surface area contributed by atoms with E-state index in [1.54, 1.807) is 31.2 Å². The average molecular weight is 444 g/mol. The van der Waals surface area contributed by atoms with Gasteiger partial charge in [0, 0.05) is 6.07 Å². The molecule has 2 amide bonds. The minimum absolute atomic E-state index is 0.0639. The first-order chi connectivity index (χ1) is 14.9. The van der Waals surface area contributed by atoms with E-state index in [0.29, 0.717) is 22.7 Å². The second-order valence-electron chi connectivity index (χ2n) is 6.20. The first kappa shape index (κ1) is 21.9. The number of carbonyl (C=O) groups excluding carboxylic acids is 3. The van der Waals surface area contributed by atoms with Gasteiger partial charge in [0.2, 0.25) is 0 Å². The summed E-state index contributed by atoms with van der Waals surface area (Å²) in [5.74, 6) is -0.699. The van der Waals surface area contributed by atoms with Crippen molar-refractivity contribution in [3.05, 3.63) is 58.4 Å². The van der Waals surface area contributed by atoms with Gasteiger partial charge in [-0.25, -0.2) is 4.79 Å². The molecule has 0 fully saturated rings. The van der Waals surface area contributed by atoms with Crippen LogP contribution in [0.5, 0.6) is 11.5 Å². The van der Waals surface area contributed by atoms with Gasteiger partial charge in [-0.15, -0.1) is 11.3 Å².